The Morgan fingerprint density at radius 3 is 2.33 bits per heavy atom. The van der Waals surface area contributed by atoms with Crippen molar-refractivity contribution in [2.75, 3.05) is 52.9 Å². The molecule has 0 saturated carbocycles. The van der Waals surface area contributed by atoms with Gasteiger partial charge in [-0.15, -0.1) is 0 Å². The van der Waals surface area contributed by atoms with Crippen LogP contribution in [0.4, 0.5) is 0 Å². The van der Waals surface area contributed by atoms with E-state index in [9.17, 15) is 4.79 Å². The average molecular weight is 297 g/mol. The Morgan fingerprint density at radius 2 is 1.76 bits per heavy atom. The number of nitrogens with one attached hydrogen (secondary N) is 2. The van der Waals surface area contributed by atoms with Gasteiger partial charge in [-0.1, -0.05) is 19.8 Å². The molecule has 6 heteroatoms. The summed E-state index contributed by atoms with van der Waals surface area (Å²) in [6, 6.07) is 0. The van der Waals surface area contributed by atoms with Crippen molar-refractivity contribution in [1.29, 1.82) is 0 Å². The Labute approximate surface area is 129 Å². The fraction of sp³-hybridized carbons (Fsp3) is 0.867. The first-order chi connectivity index (χ1) is 10.2. The number of carbonyl (C=O) groups is 1. The van der Waals surface area contributed by atoms with Gasteiger partial charge in [-0.25, -0.2) is 0 Å². The highest BCUT2D eigenvalue weighted by atomic mass is 16.2. The number of hydrogen-bond donors (Lipinski definition) is 2. The SMILES string of the molecule is CCCCCNC(=NC)NCCN1CCN(C(C)=O)CC1. The van der Waals surface area contributed by atoms with Gasteiger partial charge in [0.15, 0.2) is 5.96 Å². The van der Waals surface area contributed by atoms with E-state index in [1.54, 1.807) is 14.0 Å². The van der Waals surface area contributed by atoms with E-state index in [0.717, 1.165) is 51.8 Å². The molecule has 6 nitrogen and oxygen atoms in total. The van der Waals surface area contributed by atoms with Crippen LogP contribution in [-0.2, 0) is 4.79 Å². The number of piperazine rings is 1. The van der Waals surface area contributed by atoms with Crippen molar-refractivity contribution in [2.45, 2.75) is 33.1 Å². The maximum absolute atomic E-state index is 11.3. The summed E-state index contributed by atoms with van der Waals surface area (Å²) in [6.07, 6.45) is 3.68. The molecular weight excluding hydrogens is 266 g/mol. The number of aliphatic imine (C=N–C) groups is 1. The molecule has 1 aliphatic rings. The molecule has 0 aromatic heterocycles. The molecular formula is C15H31N5O. The number of guanidine groups is 1. The van der Waals surface area contributed by atoms with E-state index in [4.69, 9.17) is 0 Å². The summed E-state index contributed by atoms with van der Waals surface area (Å²) < 4.78 is 0. The summed E-state index contributed by atoms with van der Waals surface area (Å²) in [4.78, 5) is 19.8. The normalized spacial score (nSPS) is 16.9. The molecule has 0 unspecified atom stereocenters. The molecule has 122 valence electrons. The van der Waals surface area contributed by atoms with Crippen molar-refractivity contribution < 1.29 is 4.79 Å². The number of amides is 1. The lowest BCUT2D eigenvalue weighted by Crippen LogP contribution is -2.50. The third kappa shape index (κ3) is 7.32. The zero-order valence-electron chi connectivity index (χ0n) is 13.8. The van der Waals surface area contributed by atoms with E-state index in [-0.39, 0.29) is 5.91 Å². The van der Waals surface area contributed by atoms with Crippen LogP contribution in [0, 0.1) is 0 Å². The number of carbonyl (C=O) groups excluding carboxylic acids is 1. The summed E-state index contributed by atoms with van der Waals surface area (Å²) in [7, 11) is 1.81. The monoisotopic (exact) mass is 297 g/mol. The largest absolute Gasteiger partial charge is 0.356 e. The second-order valence-electron chi connectivity index (χ2n) is 5.48. The Balaban J connectivity index is 2.11. The van der Waals surface area contributed by atoms with Gasteiger partial charge in [0.25, 0.3) is 0 Å². The van der Waals surface area contributed by atoms with Crippen molar-refractivity contribution in [2.24, 2.45) is 4.99 Å². The van der Waals surface area contributed by atoms with Gasteiger partial charge >= 0.3 is 0 Å². The molecule has 1 heterocycles. The Morgan fingerprint density at radius 1 is 1.10 bits per heavy atom. The fourth-order valence-corrected chi connectivity index (χ4v) is 2.42. The fourth-order valence-electron chi connectivity index (χ4n) is 2.42. The van der Waals surface area contributed by atoms with Crippen LogP contribution in [0.15, 0.2) is 4.99 Å². The first-order valence-electron chi connectivity index (χ1n) is 8.09. The molecule has 2 N–H and O–H groups in total. The minimum Gasteiger partial charge on any atom is -0.356 e. The molecule has 0 aromatic rings. The van der Waals surface area contributed by atoms with Gasteiger partial charge in [-0.3, -0.25) is 14.7 Å². The Bertz CT molecular complexity index is 324. The standard InChI is InChI=1S/C15H31N5O/c1-4-5-6-7-17-15(16-3)18-8-9-19-10-12-20(13-11-19)14(2)21/h4-13H2,1-3H3,(H2,16,17,18). The third-order valence-electron chi connectivity index (χ3n) is 3.83. The predicted molar refractivity (Wildman–Crippen MR) is 87.6 cm³/mol. The van der Waals surface area contributed by atoms with Crippen LogP contribution in [-0.4, -0.2) is 74.5 Å². The van der Waals surface area contributed by atoms with Crippen molar-refractivity contribution in [3.8, 4) is 0 Å². The maximum Gasteiger partial charge on any atom is 0.219 e. The van der Waals surface area contributed by atoms with Crippen LogP contribution in [0.2, 0.25) is 0 Å². The molecule has 0 aliphatic carbocycles. The number of unbranched alkanes of at least 4 members (excludes halogenated alkanes) is 2. The number of hydrogen-bond acceptors (Lipinski definition) is 3. The molecule has 21 heavy (non-hydrogen) atoms. The second-order valence-corrected chi connectivity index (χ2v) is 5.48. The smallest absolute Gasteiger partial charge is 0.219 e. The lowest BCUT2D eigenvalue weighted by molar-refractivity contribution is -0.130. The topological polar surface area (TPSA) is 60.0 Å². The van der Waals surface area contributed by atoms with E-state index < -0.39 is 0 Å². The summed E-state index contributed by atoms with van der Waals surface area (Å²) >= 11 is 0. The molecule has 1 amide bonds. The van der Waals surface area contributed by atoms with Crippen molar-refractivity contribution >= 4 is 11.9 Å². The third-order valence-corrected chi connectivity index (χ3v) is 3.83. The van der Waals surface area contributed by atoms with Gasteiger partial charge in [-0.2, -0.15) is 0 Å². The molecule has 1 fully saturated rings. The van der Waals surface area contributed by atoms with Crippen molar-refractivity contribution in [3.63, 3.8) is 0 Å². The zero-order chi connectivity index (χ0) is 15.5. The summed E-state index contributed by atoms with van der Waals surface area (Å²) in [5.41, 5.74) is 0. The molecule has 0 aromatic carbocycles. The van der Waals surface area contributed by atoms with Crippen LogP contribution < -0.4 is 10.6 Å². The van der Waals surface area contributed by atoms with Gasteiger partial charge in [-0.05, 0) is 6.42 Å². The van der Waals surface area contributed by atoms with Crippen molar-refractivity contribution in [3.05, 3.63) is 0 Å². The van der Waals surface area contributed by atoms with Gasteiger partial charge in [0.2, 0.25) is 5.91 Å². The summed E-state index contributed by atoms with van der Waals surface area (Å²) in [6.45, 7) is 10.3. The van der Waals surface area contributed by atoms with Gasteiger partial charge in [0, 0.05) is 59.8 Å². The molecule has 0 radical (unpaired) electrons. The minimum absolute atomic E-state index is 0.185. The van der Waals surface area contributed by atoms with E-state index >= 15 is 0 Å². The Hall–Kier alpha value is -1.30. The highest BCUT2D eigenvalue weighted by Gasteiger charge is 2.17. The lowest BCUT2D eigenvalue weighted by atomic mass is 10.2. The van der Waals surface area contributed by atoms with Gasteiger partial charge in [0.05, 0.1) is 0 Å². The van der Waals surface area contributed by atoms with E-state index in [2.05, 4.69) is 27.4 Å². The second kappa shape index (κ2) is 10.4. The average Bonchev–Trinajstić information content (AvgIpc) is 2.50. The van der Waals surface area contributed by atoms with Crippen molar-refractivity contribution in [1.82, 2.24) is 20.4 Å². The zero-order valence-corrected chi connectivity index (χ0v) is 13.8. The van der Waals surface area contributed by atoms with Crippen LogP contribution in [0.1, 0.15) is 33.1 Å². The molecule has 0 spiro atoms. The quantitative estimate of drug-likeness (QED) is 0.408. The number of rotatable bonds is 7. The lowest BCUT2D eigenvalue weighted by Gasteiger charge is -2.34. The van der Waals surface area contributed by atoms with Gasteiger partial charge in [0.1, 0.15) is 0 Å². The van der Waals surface area contributed by atoms with Crippen LogP contribution in [0.25, 0.3) is 0 Å². The summed E-state index contributed by atoms with van der Waals surface area (Å²) in [5.74, 6) is 1.07. The molecule has 1 rings (SSSR count). The van der Waals surface area contributed by atoms with Crippen LogP contribution in [0.3, 0.4) is 0 Å². The predicted octanol–water partition coefficient (Wildman–Crippen LogP) is 0.506. The molecule has 1 saturated heterocycles. The van der Waals surface area contributed by atoms with E-state index in [1.165, 1.54) is 19.3 Å². The van der Waals surface area contributed by atoms with Crippen LogP contribution in [0.5, 0.6) is 0 Å². The van der Waals surface area contributed by atoms with Crippen LogP contribution >= 0.6 is 0 Å². The van der Waals surface area contributed by atoms with E-state index in [1.807, 2.05) is 4.90 Å². The van der Waals surface area contributed by atoms with E-state index in [0.29, 0.717) is 0 Å². The molecule has 0 atom stereocenters. The van der Waals surface area contributed by atoms with Gasteiger partial charge < -0.3 is 15.5 Å². The summed E-state index contributed by atoms with van der Waals surface area (Å²) in [5, 5.41) is 6.68. The first kappa shape index (κ1) is 17.8. The highest BCUT2D eigenvalue weighted by molar-refractivity contribution is 5.79. The molecule has 0 bridgehead atoms. The minimum atomic E-state index is 0.185. The maximum atomic E-state index is 11.3. The Kier molecular flexibility index (Phi) is 8.82. The first-order valence-corrected chi connectivity index (χ1v) is 8.09. The number of nitrogens with zero attached hydrogens (tertiary/aromatic N) is 3. The molecule has 1 aliphatic heterocycles. The highest BCUT2D eigenvalue weighted by Crippen LogP contribution is 2.00.